The molecule has 1 unspecified atom stereocenters. The Labute approximate surface area is 197 Å². The minimum Gasteiger partial charge on any atom is -0.290 e. The molecule has 1 atom stereocenters. The number of nitrogens with one attached hydrogen (secondary N) is 1. The summed E-state index contributed by atoms with van der Waals surface area (Å²) >= 11 is 0. The zero-order valence-electron chi connectivity index (χ0n) is 19.5. The summed E-state index contributed by atoms with van der Waals surface area (Å²) in [7, 11) is 0. The fraction of sp³-hybridized carbons (Fsp3) is 0.185. The molecule has 3 N–H and O–H groups in total. The topological polar surface area (TPSA) is 92.3 Å². The van der Waals surface area contributed by atoms with Crippen LogP contribution in [0, 0.1) is 13.8 Å². The molecule has 7 heteroatoms. The van der Waals surface area contributed by atoms with Crippen LogP contribution in [0.2, 0.25) is 0 Å². The molecule has 0 saturated carbocycles. The number of rotatable bonds is 5. The van der Waals surface area contributed by atoms with Crippen molar-refractivity contribution in [3.05, 3.63) is 100 Å². The molecular formula is C27H27N6O+. The largest absolute Gasteiger partial charge is 0.411 e. The molecule has 0 aliphatic carbocycles. The molecule has 0 bridgehead atoms. The lowest BCUT2D eigenvalue weighted by Crippen LogP contribution is -2.29. The average Bonchev–Trinajstić information content (AvgIpc) is 3.17. The first kappa shape index (κ1) is 21.6. The molecule has 170 valence electrons. The van der Waals surface area contributed by atoms with E-state index in [4.69, 9.17) is 10.8 Å². The van der Waals surface area contributed by atoms with E-state index in [1.807, 2.05) is 81.4 Å². The monoisotopic (exact) mass is 451 g/mol. The van der Waals surface area contributed by atoms with E-state index in [1.165, 1.54) is 9.08 Å². The van der Waals surface area contributed by atoms with Crippen molar-refractivity contribution < 1.29 is 4.98 Å². The van der Waals surface area contributed by atoms with Crippen LogP contribution >= 0.6 is 0 Å². The number of hydrogen-bond acceptors (Lipinski definition) is 4. The summed E-state index contributed by atoms with van der Waals surface area (Å²) in [6, 6.07) is 23.9. The second kappa shape index (κ2) is 8.59. The lowest BCUT2D eigenvalue weighted by molar-refractivity contribution is -0.351. The lowest BCUT2D eigenvalue weighted by atomic mass is 9.99. The van der Waals surface area contributed by atoms with Gasteiger partial charge in [-0.2, -0.15) is 4.68 Å². The SMILES string of the molecule is Cc1cc(-c2c(-c3ccccc3)[nH+]c(N)n3c(=O)n(C(C)Cc4ccccc4)nc23)cc(C)n1. The summed E-state index contributed by atoms with van der Waals surface area (Å²) in [5.41, 5.74) is 13.1. The van der Waals surface area contributed by atoms with Gasteiger partial charge in [0.1, 0.15) is 5.69 Å². The maximum atomic E-state index is 13.5. The van der Waals surface area contributed by atoms with Gasteiger partial charge in [0.05, 0.1) is 11.6 Å². The van der Waals surface area contributed by atoms with Crippen molar-refractivity contribution >= 4 is 11.6 Å². The minimum atomic E-state index is -0.268. The van der Waals surface area contributed by atoms with Gasteiger partial charge in [-0.15, -0.1) is 9.50 Å². The van der Waals surface area contributed by atoms with Gasteiger partial charge < -0.3 is 0 Å². The molecule has 0 amide bonds. The summed E-state index contributed by atoms with van der Waals surface area (Å²) in [6.07, 6.45) is 0.683. The summed E-state index contributed by atoms with van der Waals surface area (Å²) in [5.74, 6) is 0.239. The van der Waals surface area contributed by atoms with E-state index in [2.05, 4.69) is 22.1 Å². The van der Waals surface area contributed by atoms with E-state index >= 15 is 0 Å². The van der Waals surface area contributed by atoms with Gasteiger partial charge >= 0.3 is 11.6 Å². The Morgan fingerprint density at radius 2 is 1.56 bits per heavy atom. The zero-order valence-corrected chi connectivity index (χ0v) is 19.5. The van der Waals surface area contributed by atoms with Crippen molar-refractivity contribution in [2.75, 3.05) is 5.73 Å². The Bertz CT molecular complexity index is 1520. The second-order valence-corrected chi connectivity index (χ2v) is 8.69. The number of pyridine rings is 1. The van der Waals surface area contributed by atoms with Crippen LogP contribution in [0.15, 0.2) is 77.6 Å². The van der Waals surface area contributed by atoms with Crippen molar-refractivity contribution in [3.63, 3.8) is 0 Å². The predicted octanol–water partition coefficient (Wildman–Crippen LogP) is 4.04. The Morgan fingerprint density at radius 3 is 2.21 bits per heavy atom. The molecule has 34 heavy (non-hydrogen) atoms. The van der Waals surface area contributed by atoms with Gasteiger partial charge in [-0.3, -0.25) is 10.7 Å². The first-order chi connectivity index (χ1) is 16.4. The number of H-pyrrole nitrogens is 1. The molecule has 0 spiro atoms. The molecule has 3 aromatic heterocycles. The van der Waals surface area contributed by atoms with Crippen molar-refractivity contribution in [2.45, 2.75) is 33.2 Å². The molecule has 7 nitrogen and oxygen atoms in total. The van der Waals surface area contributed by atoms with Gasteiger partial charge in [-0.05, 0) is 50.5 Å². The van der Waals surface area contributed by atoms with Gasteiger partial charge in [0.25, 0.3) is 0 Å². The standard InChI is InChI=1S/C27H26N6O/c1-17-14-22(15-18(2)29-17)23-24(21-12-8-5-9-13-21)30-26(28)32-25(23)31-33(27(32)34)19(3)16-20-10-6-4-7-11-20/h4-15,19H,16H2,1-3H3,(H2,28,30)/p+1. The van der Waals surface area contributed by atoms with Crippen LogP contribution in [-0.4, -0.2) is 19.2 Å². The van der Waals surface area contributed by atoms with Crippen LogP contribution < -0.4 is 16.4 Å². The second-order valence-electron chi connectivity index (χ2n) is 8.69. The maximum absolute atomic E-state index is 13.5. The van der Waals surface area contributed by atoms with E-state index < -0.39 is 0 Å². The Hall–Kier alpha value is -4.26. The summed E-state index contributed by atoms with van der Waals surface area (Å²) in [6.45, 7) is 5.92. The highest BCUT2D eigenvalue weighted by molar-refractivity contribution is 5.88. The van der Waals surface area contributed by atoms with Crippen LogP contribution in [-0.2, 0) is 6.42 Å². The summed E-state index contributed by atoms with van der Waals surface area (Å²) in [5, 5.41) is 4.84. The van der Waals surface area contributed by atoms with Crippen molar-refractivity contribution in [2.24, 2.45) is 0 Å². The highest BCUT2D eigenvalue weighted by atomic mass is 16.2. The van der Waals surface area contributed by atoms with Gasteiger partial charge in [-0.1, -0.05) is 60.7 Å². The van der Waals surface area contributed by atoms with Crippen molar-refractivity contribution in [3.8, 4) is 22.4 Å². The highest BCUT2D eigenvalue weighted by Gasteiger charge is 2.27. The maximum Gasteiger partial charge on any atom is 0.411 e. The molecule has 2 aromatic carbocycles. The third-order valence-electron chi connectivity index (χ3n) is 5.99. The highest BCUT2D eigenvalue weighted by Crippen LogP contribution is 2.33. The number of fused-ring (bicyclic) bond motifs is 1. The number of hydrogen-bond donors (Lipinski definition) is 1. The molecular weight excluding hydrogens is 424 g/mol. The number of aromatic nitrogens is 5. The Balaban J connectivity index is 1.78. The Kier molecular flexibility index (Phi) is 5.45. The first-order valence-corrected chi connectivity index (χ1v) is 11.3. The molecule has 0 saturated heterocycles. The number of aryl methyl sites for hydroxylation is 2. The lowest BCUT2D eigenvalue weighted by Gasteiger charge is -2.10. The first-order valence-electron chi connectivity index (χ1n) is 11.3. The Morgan fingerprint density at radius 1 is 0.941 bits per heavy atom. The van der Waals surface area contributed by atoms with Crippen LogP contribution in [0.3, 0.4) is 0 Å². The van der Waals surface area contributed by atoms with Crippen molar-refractivity contribution in [1.82, 2.24) is 19.2 Å². The van der Waals surface area contributed by atoms with E-state index in [-0.39, 0.29) is 17.7 Å². The number of nitrogens with zero attached hydrogens (tertiary/aromatic N) is 4. The van der Waals surface area contributed by atoms with E-state index in [0.29, 0.717) is 12.1 Å². The third kappa shape index (κ3) is 3.85. The molecule has 5 rings (SSSR count). The van der Waals surface area contributed by atoms with E-state index in [0.717, 1.165) is 39.3 Å². The molecule has 3 heterocycles. The fourth-order valence-corrected chi connectivity index (χ4v) is 4.52. The quantitative estimate of drug-likeness (QED) is 0.436. The fourth-order valence-electron chi connectivity index (χ4n) is 4.52. The number of nitrogens with two attached hydrogens (primary N) is 1. The van der Waals surface area contributed by atoms with Gasteiger partial charge in [0.2, 0.25) is 5.65 Å². The van der Waals surface area contributed by atoms with Crippen LogP contribution in [0.25, 0.3) is 28.0 Å². The average molecular weight is 452 g/mol. The number of benzene rings is 2. The van der Waals surface area contributed by atoms with Crippen LogP contribution in [0.5, 0.6) is 0 Å². The number of nitrogen functional groups attached to an aromatic ring is 1. The summed E-state index contributed by atoms with van der Waals surface area (Å²) in [4.78, 5) is 21.3. The third-order valence-corrected chi connectivity index (χ3v) is 5.99. The van der Waals surface area contributed by atoms with E-state index in [1.54, 1.807) is 0 Å². The van der Waals surface area contributed by atoms with Gasteiger partial charge in [0.15, 0.2) is 0 Å². The molecule has 5 aromatic rings. The van der Waals surface area contributed by atoms with E-state index in [9.17, 15) is 4.79 Å². The van der Waals surface area contributed by atoms with Crippen LogP contribution in [0.1, 0.15) is 29.9 Å². The smallest absolute Gasteiger partial charge is 0.290 e. The van der Waals surface area contributed by atoms with Crippen molar-refractivity contribution in [1.29, 1.82) is 0 Å². The molecule has 0 aliphatic rings. The summed E-state index contributed by atoms with van der Waals surface area (Å²) < 4.78 is 3.00. The van der Waals surface area contributed by atoms with Gasteiger partial charge in [-0.25, -0.2) is 9.78 Å². The zero-order chi connectivity index (χ0) is 23.8. The number of anilines is 1. The molecule has 0 aliphatic heterocycles. The normalized spacial score (nSPS) is 12.2. The molecule has 0 radical (unpaired) electrons. The molecule has 0 fully saturated rings. The van der Waals surface area contributed by atoms with Gasteiger partial charge in [0, 0.05) is 17.0 Å². The predicted molar refractivity (Wildman–Crippen MR) is 133 cm³/mol. The van der Waals surface area contributed by atoms with Crippen LogP contribution in [0.4, 0.5) is 5.95 Å². The number of aromatic amines is 1. The minimum absolute atomic E-state index is 0.150.